The molecule has 1 aromatic heterocycles. The molecule has 0 N–H and O–H groups in total. The normalized spacial score (nSPS) is 10.7. The van der Waals surface area contributed by atoms with E-state index in [1.165, 1.54) is 4.70 Å². The first-order chi connectivity index (χ1) is 5.27. The number of fused-ring (bicyclic) bond motifs is 1. The van der Waals surface area contributed by atoms with E-state index in [4.69, 9.17) is 11.6 Å². The van der Waals surface area contributed by atoms with Gasteiger partial charge < -0.3 is 0 Å². The van der Waals surface area contributed by atoms with Crippen molar-refractivity contribution < 1.29 is 0 Å². The Labute approximate surface area is 81.9 Å². The zero-order valence-electron chi connectivity index (χ0n) is 5.54. The number of thiazole rings is 1. The van der Waals surface area contributed by atoms with Crippen LogP contribution in [-0.4, -0.2) is 21.8 Å². The van der Waals surface area contributed by atoms with Crippen molar-refractivity contribution in [2.45, 2.75) is 0 Å². The fourth-order valence-electron chi connectivity index (χ4n) is 0.932. The third-order valence-electron chi connectivity index (χ3n) is 1.39. The fraction of sp³-hybridized carbons (Fsp3) is 0. The first kappa shape index (κ1) is 7.60. The zero-order chi connectivity index (χ0) is 7.84. The Morgan fingerprint density at radius 2 is 2.27 bits per heavy atom. The zero-order valence-corrected chi connectivity index (χ0v) is 9.54. The van der Waals surface area contributed by atoms with Crippen LogP contribution in [0.15, 0.2) is 18.2 Å². The molecule has 0 amide bonds. The third kappa shape index (κ3) is 1.31. The summed E-state index contributed by atoms with van der Waals surface area (Å²) in [6.07, 6.45) is 0. The molecule has 1 unspecified atom stereocenters. The first-order valence-electron chi connectivity index (χ1n) is 3.08. The van der Waals surface area contributed by atoms with Crippen molar-refractivity contribution in [2.75, 3.05) is 0 Å². The first-order valence-corrected chi connectivity index (χ1v) is 5.48. The minimum absolute atomic E-state index is 0.752. The van der Waals surface area contributed by atoms with Gasteiger partial charge in [-0.1, -0.05) is 0 Å². The van der Waals surface area contributed by atoms with Gasteiger partial charge in [0.25, 0.3) is 0 Å². The number of para-hydroxylation sites is 1. The third-order valence-corrected chi connectivity index (χ3v) is 3.55. The number of nitrogens with zero attached hydrogens (tertiary/aromatic N) is 1. The van der Waals surface area contributed by atoms with Gasteiger partial charge >= 0.3 is 82.0 Å². The van der Waals surface area contributed by atoms with Gasteiger partial charge in [-0.2, -0.15) is 0 Å². The molecule has 0 radical (unpaired) electrons. The summed E-state index contributed by atoms with van der Waals surface area (Å²) in [6.45, 7) is 0. The van der Waals surface area contributed by atoms with Gasteiger partial charge in [0.15, 0.2) is 0 Å². The van der Waals surface area contributed by atoms with Crippen molar-refractivity contribution in [3.8, 4) is 0 Å². The van der Waals surface area contributed by atoms with Gasteiger partial charge in [-0.05, 0) is 0 Å². The van der Waals surface area contributed by atoms with Crippen LogP contribution in [-0.2, 0) is 0 Å². The molecule has 0 spiro atoms. The van der Waals surface area contributed by atoms with Crippen LogP contribution < -0.4 is 3.80 Å². The van der Waals surface area contributed by atoms with E-state index in [1.54, 1.807) is 28.2 Å². The summed E-state index contributed by atoms with van der Waals surface area (Å²) in [5.41, 5.74) is 0.943. The molecule has 11 heavy (non-hydrogen) atoms. The molecule has 4 heteroatoms. The molecule has 56 valence electrons. The van der Waals surface area contributed by atoms with E-state index >= 15 is 0 Å². The van der Waals surface area contributed by atoms with E-state index < -0.39 is 0 Å². The second-order valence-electron chi connectivity index (χ2n) is 2.14. The van der Waals surface area contributed by atoms with Crippen molar-refractivity contribution >= 4 is 53.8 Å². The molecule has 0 aliphatic carbocycles. The number of aromatic nitrogens is 1. The molecule has 0 bridgehead atoms. The predicted octanol–water partition coefficient (Wildman–Crippen LogP) is 1.21. The summed E-state index contributed by atoms with van der Waals surface area (Å²) in [7, 11) is 0. The van der Waals surface area contributed by atoms with Crippen LogP contribution in [0.25, 0.3) is 10.2 Å². The van der Waals surface area contributed by atoms with Gasteiger partial charge in [0.2, 0.25) is 0 Å². The van der Waals surface area contributed by atoms with E-state index in [0.717, 1.165) is 14.3 Å². The van der Waals surface area contributed by atoms with Crippen molar-refractivity contribution in [3.05, 3.63) is 23.2 Å². The number of benzene rings is 1. The quantitative estimate of drug-likeness (QED) is 0.636. The van der Waals surface area contributed by atoms with E-state index in [0.29, 0.717) is 0 Å². The molecule has 1 aromatic carbocycles. The molecule has 1 nitrogen and oxygen atoms in total. The molecule has 1 atom stereocenters. The number of hydrogen-bond donors (Lipinski definition) is 0. The molecular formula is C7H5AsClNS. The Morgan fingerprint density at radius 1 is 1.45 bits per heavy atom. The molecule has 0 aliphatic heterocycles. The molecule has 0 saturated heterocycles. The van der Waals surface area contributed by atoms with Crippen LogP contribution in [0.5, 0.6) is 0 Å². The summed E-state index contributed by atoms with van der Waals surface area (Å²) in [6, 6.07) is 5.87. The van der Waals surface area contributed by atoms with E-state index in [-0.39, 0.29) is 0 Å². The van der Waals surface area contributed by atoms with Crippen molar-refractivity contribution in [1.29, 1.82) is 0 Å². The van der Waals surface area contributed by atoms with Crippen molar-refractivity contribution in [2.24, 2.45) is 0 Å². The topological polar surface area (TPSA) is 12.9 Å². The standard InChI is InChI=1S/C7H5AsClNS/c8-7-10-6-4(9)2-1-3-5(6)11-7/h1-3H,8H2. The van der Waals surface area contributed by atoms with Crippen LogP contribution in [0.4, 0.5) is 0 Å². The van der Waals surface area contributed by atoms with E-state index in [9.17, 15) is 0 Å². The Hall–Kier alpha value is -0.0416. The Kier molecular flexibility index (Phi) is 1.92. The molecule has 0 aliphatic rings. The second-order valence-corrected chi connectivity index (χ2v) is 5.63. The van der Waals surface area contributed by atoms with Gasteiger partial charge in [0.1, 0.15) is 0 Å². The summed E-state index contributed by atoms with van der Waals surface area (Å²) >= 11 is 9.17. The summed E-state index contributed by atoms with van der Waals surface area (Å²) in [5, 5.41) is 0.752. The average Bonchev–Trinajstić information content (AvgIpc) is 2.31. The Balaban J connectivity index is 2.90. The van der Waals surface area contributed by atoms with Crippen molar-refractivity contribution in [1.82, 2.24) is 4.98 Å². The average molecular weight is 246 g/mol. The molecule has 0 fully saturated rings. The van der Waals surface area contributed by atoms with Crippen LogP contribution >= 0.6 is 22.9 Å². The summed E-state index contributed by atoms with van der Waals surface area (Å²) in [4.78, 5) is 4.33. The SMILES string of the molecule is Clc1cccc2sc([AsH2])nc12. The fourth-order valence-corrected chi connectivity index (χ4v) is 3.04. The van der Waals surface area contributed by atoms with Gasteiger partial charge in [0.05, 0.1) is 0 Å². The van der Waals surface area contributed by atoms with Gasteiger partial charge in [-0.15, -0.1) is 0 Å². The Morgan fingerprint density at radius 3 is 3.00 bits per heavy atom. The van der Waals surface area contributed by atoms with Crippen LogP contribution in [0.3, 0.4) is 0 Å². The molecule has 2 aromatic rings. The van der Waals surface area contributed by atoms with Crippen LogP contribution in [0, 0.1) is 0 Å². The number of hydrogen-bond acceptors (Lipinski definition) is 2. The molecule has 2 rings (SSSR count). The van der Waals surface area contributed by atoms with Crippen LogP contribution in [0.2, 0.25) is 5.02 Å². The van der Waals surface area contributed by atoms with E-state index in [1.807, 2.05) is 18.2 Å². The predicted molar refractivity (Wildman–Crippen MR) is 52.8 cm³/mol. The van der Waals surface area contributed by atoms with Gasteiger partial charge in [-0.25, -0.2) is 0 Å². The molecular weight excluding hydrogens is 241 g/mol. The van der Waals surface area contributed by atoms with Crippen LogP contribution in [0.1, 0.15) is 0 Å². The van der Waals surface area contributed by atoms with Gasteiger partial charge in [-0.3, -0.25) is 0 Å². The number of rotatable bonds is 0. The molecule has 1 heterocycles. The molecule has 0 saturated carbocycles. The second kappa shape index (κ2) is 2.78. The maximum absolute atomic E-state index is 5.92. The van der Waals surface area contributed by atoms with Crippen molar-refractivity contribution in [3.63, 3.8) is 0 Å². The maximum atomic E-state index is 5.92. The van der Waals surface area contributed by atoms with Gasteiger partial charge in [0, 0.05) is 0 Å². The number of halogens is 1. The monoisotopic (exact) mass is 245 g/mol. The summed E-state index contributed by atoms with van der Waals surface area (Å²) in [5.74, 6) is 0. The summed E-state index contributed by atoms with van der Waals surface area (Å²) < 4.78 is 2.30. The Bertz CT molecular complexity index is 398. The van der Waals surface area contributed by atoms with E-state index in [2.05, 4.69) is 4.98 Å². The minimum atomic E-state index is 0.752.